The summed E-state index contributed by atoms with van der Waals surface area (Å²) < 4.78 is 30.6. The van der Waals surface area contributed by atoms with Gasteiger partial charge in [0.25, 0.3) is 0 Å². The number of amides is 1. The number of carbonyl (C=O) groups is 2. The zero-order valence-corrected chi connectivity index (χ0v) is 50.4. The molecule has 0 fully saturated rings. The quantitative estimate of drug-likeness (QED) is 0.0205. The van der Waals surface area contributed by atoms with Gasteiger partial charge in [-0.2, -0.15) is 0 Å². The first-order valence-electron chi connectivity index (χ1n) is 30.9. The van der Waals surface area contributed by atoms with Gasteiger partial charge in [0.15, 0.2) is 0 Å². The highest BCUT2D eigenvalue weighted by atomic mass is 31.2. The van der Waals surface area contributed by atoms with Gasteiger partial charge in [0, 0.05) is 12.8 Å². The first kappa shape index (κ1) is 72.2. The van der Waals surface area contributed by atoms with Crippen molar-refractivity contribution >= 4 is 19.7 Å². The number of quaternary nitrogens is 1. The molecule has 0 aliphatic rings. The molecule has 0 aromatic carbocycles. The predicted molar refractivity (Wildman–Crippen MR) is 323 cm³/mol. The summed E-state index contributed by atoms with van der Waals surface area (Å²) in [7, 11) is 1.46. The van der Waals surface area contributed by atoms with E-state index in [1.165, 1.54) is 141 Å². The smallest absolute Gasteiger partial charge is 0.456 e. The van der Waals surface area contributed by atoms with Crippen molar-refractivity contribution in [3.63, 3.8) is 0 Å². The second-order valence-electron chi connectivity index (χ2n) is 21.9. The van der Waals surface area contributed by atoms with E-state index in [0.717, 1.165) is 83.5 Å². The van der Waals surface area contributed by atoms with E-state index in [2.05, 4.69) is 92.9 Å². The highest BCUT2D eigenvalue weighted by Crippen LogP contribution is 2.43. The van der Waals surface area contributed by atoms with Crippen molar-refractivity contribution in [2.24, 2.45) is 0 Å². The Kier molecular flexibility index (Phi) is 52.5. The molecule has 0 aromatic rings. The van der Waals surface area contributed by atoms with Gasteiger partial charge < -0.3 is 19.4 Å². The number of ether oxygens (including phenoxy) is 1. The second kappa shape index (κ2) is 54.5. The lowest BCUT2D eigenvalue weighted by Gasteiger charge is -2.27. The fourth-order valence-corrected chi connectivity index (χ4v) is 9.24. The van der Waals surface area contributed by atoms with Crippen LogP contribution in [0.3, 0.4) is 0 Å². The van der Waals surface area contributed by atoms with Crippen LogP contribution < -0.4 is 5.32 Å². The highest BCUT2D eigenvalue weighted by Gasteiger charge is 2.30. The van der Waals surface area contributed by atoms with Gasteiger partial charge in [0.2, 0.25) is 5.91 Å². The molecule has 0 saturated heterocycles. The molecule has 0 rings (SSSR count). The number of allylic oxidation sites excluding steroid dienone is 13. The van der Waals surface area contributed by atoms with Gasteiger partial charge >= 0.3 is 13.8 Å². The Morgan fingerprint density at radius 3 is 1.27 bits per heavy atom. The van der Waals surface area contributed by atoms with Gasteiger partial charge in [-0.3, -0.25) is 18.6 Å². The zero-order chi connectivity index (χ0) is 55.0. The van der Waals surface area contributed by atoms with Crippen molar-refractivity contribution in [1.82, 2.24) is 5.32 Å². The van der Waals surface area contributed by atoms with Crippen LogP contribution in [0.25, 0.3) is 0 Å². The molecule has 9 nitrogen and oxygen atoms in total. The van der Waals surface area contributed by atoms with E-state index in [-0.39, 0.29) is 25.5 Å². The van der Waals surface area contributed by atoms with E-state index < -0.39 is 25.9 Å². The number of esters is 1. The van der Waals surface area contributed by atoms with Gasteiger partial charge in [0.05, 0.1) is 33.8 Å². The molecule has 0 bridgehead atoms. The Morgan fingerprint density at radius 1 is 0.467 bits per heavy atom. The van der Waals surface area contributed by atoms with Crippen molar-refractivity contribution in [3.8, 4) is 0 Å². The summed E-state index contributed by atoms with van der Waals surface area (Å²) in [6, 6.07) is -0.877. The average molecular weight is 1070 g/mol. The number of carbonyl (C=O) groups excluding carboxylic acids is 2. The summed E-state index contributed by atoms with van der Waals surface area (Å²) >= 11 is 0. The minimum Gasteiger partial charge on any atom is -0.456 e. The van der Waals surface area contributed by atoms with Crippen LogP contribution in [0.15, 0.2) is 85.1 Å². The fraction of sp³-hybridized carbons (Fsp3) is 0.754. The van der Waals surface area contributed by atoms with Crippen molar-refractivity contribution in [3.05, 3.63) is 85.1 Å². The molecule has 434 valence electrons. The van der Waals surface area contributed by atoms with E-state index in [9.17, 15) is 19.0 Å². The SMILES string of the molecule is CCCCC/C=C\C/C=C\C/C=C\C/C=C\CCCCCCCCCCCC(=O)NC(COP(=O)(O)OCC[N+](C)(C)C)C(/C=C\CCCCCCCCCCC)OC(=O)CC/C=C/C/C=C\CCCCCCCC. The number of likely N-dealkylation sites (N-methyl/N-ethyl adjacent to an activating group) is 1. The van der Waals surface area contributed by atoms with E-state index in [1.54, 1.807) is 0 Å². The third-order valence-electron chi connectivity index (χ3n) is 13.3. The van der Waals surface area contributed by atoms with Gasteiger partial charge in [0.1, 0.15) is 19.3 Å². The van der Waals surface area contributed by atoms with Crippen LogP contribution in [0.1, 0.15) is 265 Å². The lowest BCUT2D eigenvalue weighted by Crippen LogP contribution is -2.47. The summed E-state index contributed by atoms with van der Waals surface area (Å²) in [5.74, 6) is -0.592. The maximum absolute atomic E-state index is 13.5. The van der Waals surface area contributed by atoms with Crippen molar-refractivity contribution in [2.45, 2.75) is 277 Å². The minimum absolute atomic E-state index is 0.0283. The van der Waals surface area contributed by atoms with E-state index in [1.807, 2.05) is 39.4 Å². The zero-order valence-electron chi connectivity index (χ0n) is 49.5. The molecule has 0 spiro atoms. The number of rotatable bonds is 55. The summed E-state index contributed by atoms with van der Waals surface area (Å²) in [6.45, 7) is 6.92. The number of phosphoric ester groups is 1. The monoisotopic (exact) mass is 1070 g/mol. The van der Waals surface area contributed by atoms with Crippen molar-refractivity contribution in [1.29, 1.82) is 0 Å². The summed E-state index contributed by atoms with van der Waals surface area (Å²) in [5, 5.41) is 3.03. The Bertz CT molecular complexity index is 1560. The molecule has 3 atom stereocenters. The topological polar surface area (TPSA) is 111 Å². The summed E-state index contributed by atoms with van der Waals surface area (Å²) in [5.41, 5.74) is 0. The van der Waals surface area contributed by atoms with Crippen molar-refractivity contribution in [2.75, 3.05) is 40.9 Å². The average Bonchev–Trinajstić information content (AvgIpc) is 3.37. The molecule has 2 N–H and O–H groups in total. The number of unbranched alkanes of at least 4 members (excludes halogenated alkanes) is 27. The van der Waals surface area contributed by atoms with Crippen LogP contribution in [0.4, 0.5) is 0 Å². The van der Waals surface area contributed by atoms with Crippen LogP contribution in [0, 0.1) is 0 Å². The minimum atomic E-state index is -4.46. The molecule has 3 unspecified atom stereocenters. The maximum Gasteiger partial charge on any atom is 0.472 e. The first-order chi connectivity index (χ1) is 36.4. The number of nitrogens with one attached hydrogen (secondary N) is 1. The standard InChI is InChI=1S/C65H117N2O7P/c1-7-10-13-16-19-22-25-27-28-29-30-31-32-33-34-35-36-37-38-40-42-45-48-51-54-57-64(68)66-62(61-73-75(70,71)72-60-59-67(4,5)6)63(56-53-50-47-44-41-24-21-18-15-12-9-3)74-65(69)58-55-52-49-46-43-39-26-23-20-17-14-11-8-2/h19,22,27-28,30-31,33-34,39,43,49,52-53,56,62-63H,7-18,20-21,23-26,29,32,35-38,40-42,44-48,50-51,54-55,57-61H2,1-6H3,(H-,66,68,70,71)/p+1/b22-19-,28-27-,31-30-,34-33-,43-39-,52-49+,56-53-. The molecule has 10 heteroatoms. The normalized spacial score (nSPS) is 14.3. The predicted octanol–water partition coefficient (Wildman–Crippen LogP) is 19.0. The van der Waals surface area contributed by atoms with Gasteiger partial charge in [-0.05, 0) is 96.0 Å². The van der Waals surface area contributed by atoms with E-state index >= 15 is 0 Å². The molecule has 0 aliphatic heterocycles. The number of nitrogens with zero attached hydrogens (tertiary/aromatic N) is 1. The Balaban J connectivity index is 5.18. The molecule has 75 heavy (non-hydrogen) atoms. The Labute approximate surface area is 463 Å². The lowest BCUT2D eigenvalue weighted by molar-refractivity contribution is -0.870. The largest absolute Gasteiger partial charge is 0.472 e. The number of hydrogen-bond donors (Lipinski definition) is 2. The Morgan fingerprint density at radius 2 is 0.827 bits per heavy atom. The second-order valence-corrected chi connectivity index (χ2v) is 23.3. The lowest BCUT2D eigenvalue weighted by atomic mass is 10.0. The molecule has 0 aromatic heterocycles. The molecule has 0 saturated carbocycles. The summed E-state index contributed by atoms with van der Waals surface area (Å²) in [4.78, 5) is 37.6. The number of phosphoric acid groups is 1. The Hall–Kier alpha value is -2.81. The molecular formula is C65H118N2O7P+. The third kappa shape index (κ3) is 55.7. The van der Waals surface area contributed by atoms with Gasteiger partial charge in [-0.15, -0.1) is 0 Å². The summed E-state index contributed by atoms with van der Waals surface area (Å²) in [6.07, 6.45) is 71.7. The number of hydrogen-bond acceptors (Lipinski definition) is 6. The van der Waals surface area contributed by atoms with Crippen molar-refractivity contribution < 1.29 is 37.3 Å². The molecule has 0 heterocycles. The molecule has 1 amide bonds. The first-order valence-corrected chi connectivity index (χ1v) is 32.4. The van der Waals surface area contributed by atoms with Crippen LogP contribution in [0.2, 0.25) is 0 Å². The third-order valence-corrected chi connectivity index (χ3v) is 14.3. The highest BCUT2D eigenvalue weighted by molar-refractivity contribution is 7.47. The van der Waals surface area contributed by atoms with Crippen LogP contribution in [-0.4, -0.2) is 74.3 Å². The molecule has 0 radical (unpaired) electrons. The van der Waals surface area contributed by atoms with Gasteiger partial charge in [-0.25, -0.2) is 4.57 Å². The van der Waals surface area contributed by atoms with E-state index in [0.29, 0.717) is 23.9 Å². The fourth-order valence-electron chi connectivity index (χ4n) is 8.51. The molecule has 0 aliphatic carbocycles. The molecular weight excluding hydrogens is 952 g/mol. The maximum atomic E-state index is 13.5. The van der Waals surface area contributed by atoms with Crippen LogP contribution in [-0.2, 0) is 27.9 Å². The van der Waals surface area contributed by atoms with Crippen LogP contribution in [0.5, 0.6) is 0 Å². The van der Waals surface area contributed by atoms with E-state index in [4.69, 9.17) is 13.8 Å². The van der Waals surface area contributed by atoms with Crippen LogP contribution >= 0.6 is 7.82 Å². The van der Waals surface area contributed by atoms with Gasteiger partial charge in [-0.1, -0.05) is 241 Å².